The fourth-order valence-corrected chi connectivity index (χ4v) is 5.50. The van der Waals surface area contributed by atoms with E-state index >= 15 is 0 Å². The smallest absolute Gasteiger partial charge is 0.353 e. The first-order valence-electron chi connectivity index (χ1n) is 13.9. The van der Waals surface area contributed by atoms with Crippen LogP contribution >= 0.6 is 0 Å². The van der Waals surface area contributed by atoms with Crippen LogP contribution in [0.1, 0.15) is 117 Å². The molecule has 2 saturated heterocycles. The lowest BCUT2D eigenvalue weighted by atomic mass is 9.81. The van der Waals surface area contributed by atoms with Crippen LogP contribution in [0, 0.1) is 5.92 Å². The van der Waals surface area contributed by atoms with E-state index in [9.17, 15) is 22.8 Å². The van der Waals surface area contributed by atoms with E-state index in [4.69, 9.17) is 9.47 Å². The van der Waals surface area contributed by atoms with Gasteiger partial charge in [-0.25, -0.2) is 0 Å². The standard InChI is InChI=1S/C27H46F3NO4/c1-3-4-5-6-7-8-9-10-11-12-15-22-17-18-23(21(2)32)24(31(22)26(33)27(28,29)30)20-35-25-16-13-14-19-34-25/h22-25H,3-20H2,1-2H3/t22-,23-,24+,25?/m1/s1. The molecule has 0 aromatic carbocycles. The van der Waals surface area contributed by atoms with Crippen molar-refractivity contribution in [2.45, 2.75) is 141 Å². The third kappa shape index (κ3) is 10.4. The van der Waals surface area contributed by atoms with Gasteiger partial charge in [-0.05, 0) is 45.4 Å². The van der Waals surface area contributed by atoms with Crippen LogP contribution in [-0.4, -0.2) is 54.4 Å². The summed E-state index contributed by atoms with van der Waals surface area (Å²) >= 11 is 0. The van der Waals surface area contributed by atoms with E-state index in [1.54, 1.807) is 0 Å². The number of ether oxygens (including phenoxy) is 2. The molecule has 2 rings (SSSR count). The Hall–Kier alpha value is -1.15. The Kier molecular flexibility index (Phi) is 13.6. The number of rotatable bonds is 15. The number of Topliss-reactive ketones (excluding diaryl/α,β-unsaturated/α-hetero) is 1. The maximum absolute atomic E-state index is 13.6. The number of carbonyl (C=O) groups is 2. The average molecular weight is 506 g/mol. The molecule has 0 saturated carbocycles. The monoisotopic (exact) mass is 505 g/mol. The third-order valence-electron chi connectivity index (χ3n) is 7.51. The molecular weight excluding hydrogens is 459 g/mol. The molecule has 204 valence electrons. The fraction of sp³-hybridized carbons (Fsp3) is 0.926. The van der Waals surface area contributed by atoms with Crippen LogP contribution in [0.5, 0.6) is 0 Å². The van der Waals surface area contributed by atoms with Crippen molar-refractivity contribution in [1.29, 1.82) is 0 Å². The Labute approximate surface area is 209 Å². The second kappa shape index (κ2) is 15.9. The number of likely N-dealkylation sites (tertiary alicyclic amines) is 1. The molecule has 2 fully saturated rings. The van der Waals surface area contributed by atoms with Gasteiger partial charge in [0.2, 0.25) is 0 Å². The molecule has 0 aromatic heterocycles. The van der Waals surface area contributed by atoms with Gasteiger partial charge in [-0.3, -0.25) is 9.59 Å². The largest absolute Gasteiger partial charge is 0.471 e. The zero-order chi connectivity index (χ0) is 25.7. The highest BCUT2D eigenvalue weighted by Crippen LogP contribution is 2.35. The van der Waals surface area contributed by atoms with Gasteiger partial charge >= 0.3 is 12.1 Å². The fourth-order valence-electron chi connectivity index (χ4n) is 5.50. The number of alkyl halides is 3. The van der Waals surface area contributed by atoms with Crippen molar-refractivity contribution < 1.29 is 32.2 Å². The number of nitrogens with zero attached hydrogens (tertiary/aromatic N) is 1. The number of unbranched alkanes of at least 4 members (excludes halogenated alkanes) is 9. The summed E-state index contributed by atoms with van der Waals surface area (Å²) in [6.07, 6.45) is 9.99. The minimum Gasteiger partial charge on any atom is -0.353 e. The molecule has 1 amide bonds. The van der Waals surface area contributed by atoms with Crippen molar-refractivity contribution in [2.24, 2.45) is 5.92 Å². The molecule has 4 atom stereocenters. The molecular formula is C27H46F3NO4. The molecule has 0 aliphatic carbocycles. The predicted molar refractivity (Wildman–Crippen MR) is 130 cm³/mol. The van der Waals surface area contributed by atoms with E-state index in [0.717, 1.165) is 43.4 Å². The van der Waals surface area contributed by atoms with E-state index in [2.05, 4.69) is 6.92 Å². The maximum atomic E-state index is 13.6. The minimum absolute atomic E-state index is 0.106. The molecule has 35 heavy (non-hydrogen) atoms. The van der Waals surface area contributed by atoms with Crippen LogP contribution < -0.4 is 0 Å². The molecule has 0 aromatic rings. The van der Waals surface area contributed by atoms with Crippen LogP contribution in [0.2, 0.25) is 0 Å². The second-order valence-electron chi connectivity index (χ2n) is 10.3. The van der Waals surface area contributed by atoms with Gasteiger partial charge in [-0.1, -0.05) is 71.1 Å². The van der Waals surface area contributed by atoms with Gasteiger partial charge in [0.15, 0.2) is 6.29 Å². The van der Waals surface area contributed by atoms with Gasteiger partial charge < -0.3 is 14.4 Å². The van der Waals surface area contributed by atoms with Gasteiger partial charge in [-0.2, -0.15) is 13.2 Å². The van der Waals surface area contributed by atoms with Gasteiger partial charge in [0.25, 0.3) is 0 Å². The van der Waals surface area contributed by atoms with Crippen LogP contribution in [0.25, 0.3) is 0 Å². The zero-order valence-electron chi connectivity index (χ0n) is 21.8. The average Bonchev–Trinajstić information content (AvgIpc) is 2.83. The van der Waals surface area contributed by atoms with Crippen LogP contribution in [0.4, 0.5) is 13.2 Å². The Morgan fingerprint density at radius 1 is 0.914 bits per heavy atom. The highest BCUT2D eigenvalue weighted by atomic mass is 19.4. The SMILES string of the molecule is CCCCCCCCCCCC[C@@H]1CC[C@H](C(C)=O)[C@H](COC2CCCCO2)N1C(=O)C(F)(F)F. The number of ketones is 1. The second-order valence-corrected chi connectivity index (χ2v) is 10.3. The van der Waals surface area contributed by atoms with Gasteiger partial charge in [0.05, 0.1) is 12.6 Å². The third-order valence-corrected chi connectivity index (χ3v) is 7.51. The van der Waals surface area contributed by atoms with E-state index < -0.39 is 36.4 Å². The first-order chi connectivity index (χ1) is 16.8. The molecule has 8 heteroatoms. The predicted octanol–water partition coefficient (Wildman–Crippen LogP) is 6.97. The molecule has 2 aliphatic heterocycles. The lowest BCUT2D eigenvalue weighted by Gasteiger charge is -2.46. The van der Waals surface area contributed by atoms with E-state index in [1.165, 1.54) is 45.4 Å². The summed E-state index contributed by atoms with van der Waals surface area (Å²) in [4.78, 5) is 25.8. The first-order valence-corrected chi connectivity index (χ1v) is 13.9. The molecule has 2 aliphatic rings. The molecule has 0 spiro atoms. The van der Waals surface area contributed by atoms with Crippen LogP contribution in [0.3, 0.4) is 0 Å². The van der Waals surface area contributed by atoms with Crippen molar-refractivity contribution in [3.05, 3.63) is 0 Å². The van der Waals surface area contributed by atoms with Crippen molar-refractivity contribution in [3.63, 3.8) is 0 Å². The molecule has 5 nitrogen and oxygen atoms in total. The number of amides is 1. The molecule has 0 bridgehead atoms. The van der Waals surface area contributed by atoms with E-state index in [0.29, 0.717) is 32.3 Å². The highest BCUT2D eigenvalue weighted by molar-refractivity contribution is 5.85. The van der Waals surface area contributed by atoms with Crippen LogP contribution in [0.15, 0.2) is 0 Å². The lowest BCUT2D eigenvalue weighted by Crippen LogP contribution is -2.60. The first kappa shape index (κ1) is 30.1. The summed E-state index contributed by atoms with van der Waals surface area (Å²) in [7, 11) is 0. The topological polar surface area (TPSA) is 55.8 Å². The maximum Gasteiger partial charge on any atom is 0.471 e. The summed E-state index contributed by atoms with van der Waals surface area (Å²) in [6, 6.07) is -1.43. The van der Waals surface area contributed by atoms with E-state index in [-0.39, 0.29) is 12.4 Å². The quantitative estimate of drug-likeness (QED) is 0.226. The summed E-state index contributed by atoms with van der Waals surface area (Å²) in [5.74, 6) is -2.69. The van der Waals surface area contributed by atoms with Crippen LogP contribution in [-0.2, 0) is 19.1 Å². The normalized spacial score (nSPS) is 25.6. The summed E-state index contributed by atoms with van der Waals surface area (Å²) in [6.45, 7) is 4.05. The number of carbonyl (C=O) groups excluding carboxylic acids is 2. The minimum atomic E-state index is -4.98. The Morgan fingerprint density at radius 3 is 2.09 bits per heavy atom. The molecule has 0 radical (unpaired) electrons. The van der Waals surface area contributed by atoms with Gasteiger partial charge in [0.1, 0.15) is 5.78 Å². The molecule has 1 unspecified atom stereocenters. The van der Waals surface area contributed by atoms with Crippen molar-refractivity contribution in [2.75, 3.05) is 13.2 Å². The summed E-state index contributed by atoms with van der Waals surface area (Å²) in [5, 5.41) is 0. The van der Waals surface area contributed by atoms with E-state index in [1.807, 2.05) is 0 Å². The number of hydrogen-bond donors (Lipinski definition) is 0. The van der Waals surface area contributed by atoms with Crippen molar-refractivity contribution in [3.8, 4) is 0 Å². The Balaban J connectivity index is 1.94. The van der Waals surface area contributed by atoms with Crippen molar-refractivity contribution in [1.82, 2.24) is 4.90 Å². The Bertz CT molecular complexity index is 622. The number of hydrogen-bond acceptors (Lipinski definition) is 4. The van der Waals surface area contributed by atoms with Crippen molar-refractivity contribution >= 4 is 11.7 Å². The Morgan fingerprint density at radius 2 is 1.54 bits per heavy atom. The highest BCUT2D eigenvalue weighted by Gasteiger charge is 2.51. The summed E-state index contributed by atoms with van der Waals surface area (Å²) < 4.78 is 52.2. The summed E-state index contributed by atoms with van der Waals surface area (Å²) in [5.41, 5.74) is 0. The molecule has 0 N–H and O–H groups in total. The number of halogens is 3. The number of piperidine rings is 1. The van der Waals surface area contributed by atoms with Gasteiger partial charge in [-0.15, -0.1) is 0 Å². The molecule has 2 heterocycles. The lowest BCUT2D eigenvalue weighted by molar-refractivity contribution is -0.205. The zero-order valence-corrected chi connectivity index (χ0v) is 21.8. The van der Waals surface area contributed by atoms with Gasteiger partial charge in [0, 0.05) is 18.6 Å².